The van der Waals surface area contributed by atoms with E-state index >= 15 is 0 Å². The molecule has 6 heteroatoms. The molecule has 2 heterocycles. The van der Waals surface area contributed by atoms with Crippen molar-refractivity contribution in [1.29, 1.82) is 0 Å². The highest BCUT2D eigenvalue weighted by Gasteiger charge is 2.13. The monoisotopic (exact) mass is 328 g/mol. The summed E-state index contributed by atoms with van der Waals surface area (Å²) in [6, 6.07) is 5.81. The summed E-state index contributed by atoms with van der Waals surface area (Å²) >= 11 is 0. The molecule has 0 bridgehead atoms. The number of rotatable bonds is 10. The molecule has 2 rings (SSSR count). The number of hydrogen-bond donors (Lipinski definition) is 2. The van der Waals surface area contributed by atoms with Crippen molar-refractivity contribution in [3.63, 3.8) is 0 Å². The average molecular weight is 328 g/mol. The first kappa shape index (κ1) is 17.9. The molecule has 128 valence electrons. The van der Waals surface area contributed by atoms with Gasteiger partial charge in [-0.1, -0.05) is 26.0 Å². The van der Waals surface area contributed by atoms with E-state index in [0.717, 1.165) is 18.5 Å². The van der Waals surface area contributed by atoms with Crippen molar-refractivity contribution in [2.24, 2.45) is 0 Å². The van der Waals surface area contributed by atoms with E-state index in [9.17, 15) is 5.11 Å². The number of ether oxygens (including phenoxy) is 1. The van der Waals surface area contributed by atoms with Gasteiger partial charge in [-0.3, -0.25) is 4.98 Å². The predicted octanol–water partition coefficient (Wildman–Crippen LogP) is 3.06. The molecule has 2 aromatic heterocycles. The molecule has 0 amide bonds. The van der Waals surface area contributed by atoms with Crippen molar-refractivity contribution in [3.8, 4) is 5.75 Å². The lowest BCUT2D eigenvalue weighted by Gasteiger charge is -2.20. The van der Waals surface area contributed by atoms with Crippen molar-refractivity contribution in [2.45, 2.75) is 38.8 Å². The Balaban J connectivity index is 2.15. The van der Waals surface area contributed by atoms with Crippen LogP contribution < -0.4 is 10.1 Å². The van der Waals surface area contributed by atoms with Crippen LogP contribution in [0.1, 0.15) is 37.7 Å². The highest BCUT2D eigenvalue weighted by Crippen LogP contribution is 2.24. The molecular weight excluding hydrogens is 304 g/mol. The molecule has 0 saturated heterocycles. The van der Waals surface area contributed by atoms with E-state index < -0.39 is 0 Å². The van der Waals surface area contributed by atoms with Gasteiger partial charge in [0.2, 0.25) is 0 Å². The molecule has 0 saturated carbocycles. The van der Waals surface area contributed by atoms with Gasteiger partial charge in [0, 0.05) is 18.8 Å². The molecule has 0 aliphatic rings. The van der Waals surface area contributed by atoms with E-state index in [2.05, 4.69) is 33.8 Å². The number of aliphatic hydroxyl groups is 1. The first-order valence-corrected chi connectivity index (χ1v) is 8.16. The number of hydrogen-bond acceptors (Lipinski definition) is 6. The Morgan fingerprint density at radius 3 is 2.88 bits per heavy atom. The fourth-order valence-electron chi connectivity index (χ4n) is 2.31. The maximum absolute atomic E-state index is 9.23. The van der Waals surface area contributed by atoms with Gasteiger partial charge in [-0.25, -0.2) is 9.97 Å². The number of nitrogens with zero attached hydrogens (tertiary/aromatic N) is 3. The Bertz CT molecular complexity index is 628. The summed E-state index contributed by atoms with van der Waals surface area (Å²) in [6.07, 6.45) is 7.56. The highest BCUT2D eigenvalue weighted by atomic mass is 16.5. The summed E-state index contributed by atoms with van der Waals surface area (Å²) in [5, 5.41) is 12.6. The Morgan fingerprint density at radius 2 is 2.21 bits per heavy atom. The van der Waals surface area contributed by atoms with E-state index in [1.54, 1.807) is 18.5 Å². The molecule has 0 aliphatic carbocycles. The van der Waals surface area contributed by atoms with Crippen LogP contribution in [0.3, 0.4) is 0 Å². The second-order valence-electron chi connectivity index (χ2n) is 5.40. The Labute approximate surface area is 142 Å². The third-order valence-electron chi connectivity index (χ3n) is 3.51. The maximum atomic E-state index is 9.23. The minimum Gasteiger partial charge on any atom is -0.482 e. The van der Waals surface area contributed by atoms with Gasteiger partial charge in [0.25, 0.3) is 0 Å². The molecular formula is C18H24N4O2. The molecule has 0 spiro atoms. The van der Waals surface area contributed by atoms with Gasteiger partial charge in [0.05, 0.1) is 11.9 Å². The van der Waals surface area contributed by atoms with Crippen LogP contribution in [0, 0.1) is 0 Å². The largest absolute Gasteiger partial charge is 0.482 e. The third kappa shape index (κ3) is 5.31. The van der Waals surface area contributed by atoms with Gasteiger partial charge in [0.15, 0.2) is 17.4 Å². The SMILES string of the molecule is C=Cc1ncc(OCc2ccccn2)c(N[C@@H](CCC)CCO)n1. The topological polar surface area (TPSA) is 80.2 Å². The first-order valence-electron chi connectivity index (χ1n) is 8.16. The van der Waals surface area contributed by atoms with Crippen molar-refractivity contribution in [1.82, 2.24) is 15.0 Å². The molecule has 0 aromatic carbocycles. The van der Waals surface area contributed by atoms with Gasteiger partial charge in [0.1, 0.15) is 6.61 Å². The number of anilines is 1. The van der Waals surface area contributed by atoms with E-state index in [0.29, 0.717) is 30.4 Å². The number of aromatic nitrogens is 3. The predicted molar refractivity (Wildman–Crippen MR) is 94.7 cm³/mol. The van der Waals surface area contributed by atoms with Gasteiger partial charge >= 0.3 is 0 Å². The summed E-state index contributed by atoms with van der Waals surface area (Å²) in [5.41, 5.74) is 0.830. The smallest absolute Gasteiger partial charge is 0.180 e. The van der Waals surface area contributed by atoms with E-state index in [4.69, 9.17) is 4.74 Å². The second kappa shape index (κ2) is 9.62. The Hall–Kier alpha value is -2.47. The minimum atomic E-state index is 0.126. The molecule has 6 nitrogen and oxygen atoms in total. The van der Waals surface area contributed by atoms with Crippen LogP contribution in [0.2, 0.25) is 0 Å². The summed E-state index contributed by atoms with van der Waals surface area (Å²) in [5.74, 6) is 1.70. The van der Waals surface area contributed by atoms with Crippen LogP contribution >= 0.6 is 0 Å². The van der Waals surface area contributed by atoms with Crippen molar-refractivity contribution >= 4 is 11.9 Å². The normalized spacial score (nSPS) is 11.8. The molecule has 0 radical (unpaired) electrons. The molecule has 2 N–H and O–H groups in total. The standard InChI is InChI=1S/C18H24N4O2/c1-3-7-14(9-11-23)21-18-16(12-20-17(4-2)22-18)24-13-15-8-5-6-10-19-15/h4-6,8,10,12,14,23H,2-3,7,9,11,13H2,1H3,(H,20,21,22)/t14-/m0/s1. The Morgan fingerprint density at radius 1 is 1.33 bits per heavy atom. The van der Waals surface area contributed by atoms with Crippen molar-refractivity contribution in [3.05, 3.63) is 48.7 Å². The van der Waals surface area contributed by atoms with E-state index in [1.807, 2.05) is 18.2 Å². The zero-order chi connectivity index (χ0) is 17.2. The number of nitrogens with one attached hydrogen (secondary N) is 1. The summed E-state index contributed by atoms with van der Waals surface area (Å²) < 4.78 is 5.83. The van der Waals surface area contributed by atoms with Crippen LogP contribution in [0.25, 0.3) is 6.08 Å². The summed E-state index contributed by atoms with van der Waals surface area (Å²) in [6.45, 7) is 6.28. The summed E-state index contributed by atoms with van der Waals surface area (Å²) in [4.78, 5) is 12.9. The summed E-state index contributed by atoms with van der Waals surface area (Å²) in [7, 11) is 0. The second-order valence-corrected chi connectivity index (χ2v) is 5.40. The van der Waals surface area contributed by atoms with Gasteiger partial charge < -0.3 is 15.2 Å². The quantitative estimate of drug-likeness (QED) is 0.698. The highest BCUT2D eigenvalue weighted by molar-refractivity contribution is 5.52. The molecule has 0 fully saturated rings. The molecule has 2 aromatic rings. The van der Waals surface area contributed by atoms with Crippen molar-refractivity contribution < 1.29 is 9.84 Å². The van der Waals surface area contributed by atoms with Gasteiger partial charge in [-0.05, 0) is 31.1 Å². The molecule has 1 atom stereocenters. The van der Waals surface area contributed by atoms with Gasteiger partial charge in [-0.15, -0.1) is 0 Å². The van der Waals surface area contributed by atoms with Crippen molar-refractivity contribution in [2.75, 3.05) is 11.9 Å². The molecule has 24 heavy (non-hydrogen) atoms. The fraction of sp³-hybridized carbons (Fsp3) is 0.389. The van der Waals surface area contributed by atoms with Crippen LogP contribution in [0.5, 0.6) is 5.75 Å². The van der Waals surface area contributed by atoms with Crippen LogP contribution in [0.4, 0.5) is 5.82 Å². The van der Waals surface area contributed by atoms with Crippen LogP contribution in [-0.2, 0) is 6.61 Å². The fourth-order valence-corrected chi connectivity index (χ4v) is 2.31. The minimum absolute atomic E-state index is 0.126. The van der Waals surface area contributed by atoms with Crippen LogP contribution in [-0.4, -0.2) is 32.7 Å². The molecule has 0 unspecified atom stereocenters. The van der Waals surface area contributed by atoms with E-state index in [-0.39, 0.29) is 12.6 Å². The van der Waals surface area contributed by atoms with Crippen LogP contribution in [0.15, 0.2) is 37.2 Å². The van der Waals surface area contributed by atoms with Gasteiger partial charge in [-0.2, -0.15) is 0 Å². The lowest BCUT2D eigenvalue weighted by Crippen LogP contribution is -2.22. The lowest BCUT2D eigenvalue weighted by molar-refractivity contribution is 0.275. The Kier molecular flexibility index (Phi) is 7.17. The zero-order valence-electron chi connectivity index (χ0n) is 14.0. The average Bonchev–Trinajstić information content (AvgIpc) is 2.62. The number of pyridine rings is 1. The maximum Gasteiger partial charge on any atom is 0.180 e. The molecule has 0 aliphatic heterocycles. The lowest BCUT2D eigenvalue weighted by atomic mass is 10.1. The zero-order valence-corrected chi connectivity index (χ0v) is 14.0. The van der Waals surface area contributed by atoms with E-state index in [1.165, 1.54) is 0 Å². The number of aliphatic hydroxyl groups excluding tert-OH is 1. The third-order valence-corrected chi connectivity index (χ3v) is 3.51. The first-order chi connectivity index (χ1) is 11.8.